The van der Waals surface area contributed by atoms with Crippen LogP contribution in [0.25, 0.3) is 0 Å². The highest BCUT2D eigenvalue weighted by atomic mass is 32.2. The molecule has 1 unspecified atom stereocenters. The molecule has 3 aromatic rings. The number of aryl methyl sites for hydroxylation is 1. The normalized spacial score (nSPS) is 15.7. The number of nitrogens with two attached hydrogens (primary N) is 1. The van der Waals surface area contributed by atoms with Crippen molar-refractivity contribution in [2.45, 2.75) is 24.2 Å². The van der Waals surface area contributed by atoms with Crippen LogP contribution in [0.15, 0.2) is 65.6 Å². The van der Waals surface area contributed by atoms with E-state index in [9.17, 15) is 9.18 Å². The summed E-state index contributed by atoms with van der Waals surface area (Å²) in [5.41, 5.74) is 2.43. The average Bonchev–Trinajstić information content (AvgIpc) is 3.21. The smallest absolute Gasteiger partial charge is 0.227 e. The monoisotopic (exact) mass is 470 g/mol. The van der Waals surface area contributed by atoms with Crippen LogP contribution in [0.1, 0.15) is 23.5 Å². The molecule has 1 heterocycles. The van der Waals surface area contributed by atoms with Gasteiger partial charge in [0.05, 0.1) is 19.2 Å². The van der Waals surface area contributed by atoms with Crippen molar-refractivity contribution < 1.29 is 28.0 Å². The zero-order valence-corrected chi connectivity index (χ0v) is 18.9. The fourth-order valence-corrected chi connectivity index (χ4v) is 4.16. The zero-order valence-electron chi connectivity index (χ0n) is 18.1. The second-order valence-corrected chi connectivity index (χ2v) is 8.34. The van der Waals surface area contributed by atoms with E-state index in [0.29, 0.717) is 35.8 Å². The number of ether oxygens (including phenoxy) is 2. The third-order valence-corrected chi connectivity index (χ3v) is 6.07. The predicted octanol–water partition coefficient (Wildman–Crippen LogP) is 5.28. The Labute approximate surface area is 195 Å². The SMILES string of the molecule is COc1ccc(C2CC(=O)N(c3ccc(SOON)cc3)C2)cc1Oc1ccc(F)cc1C. The first kappa shape index (κ1) is 23.1. The molecule has 0 aromatic heterocycles. The van der Waals surface area contributed by atoms with Gasteiger partial charge in [-0.15, -0.1) is 9.32 Å². The Morgan fingerprint density at radius 2 is 1.79 bits per heavy atom. The second-order valence-electron chi connectivity index (χ2n) is 7.57. The van der Waals surface area contributed by atoms with Gasteiger partial charge < -0.3 is 14.4 Å². The summed E-state index contributed by atoms with van der Waals surface area (Å²) < 4.78 is 29.6. The minimum Gasteiger partial charge on any atom is -0.493 e. The highest BCUT2D eigenvalue weighted by Crippen LogP contribution is 2.39. The maximum absolute atomic E-state index is 13.5. The number of nitrogens with zero attached hydrogens (tertiary/aromatic N) is 1. The number of benzene rings is 3. The van der Waals surface area contributed by atoms with Crippen LogP contribution in [0.4, 0.5) is 10.1 Å². The Balaban J connectivity index is 1.53. The van der Waals surface area contributed by atoms with E-state index in [1.165, 1.54) is 12.1 Å². The number of methoxy groups -OCH3 is 1. The summed E-state index contributed by atoms with van der Waals surface area (Å²) in [6, 6.07) is 17.3. The number of rotatable bonds is 8. The Morgan fingerprint density at radius 1 is 1.03 bits per heavy atom. The molecular weight excluding hydrogens is 447 g/mol. The van der Waals surface area contributed by atoms with E-state index in [4.69, 9.17) is 15.4 Å². The Kier molecular flexibility index (Phi) is 7.14. The van der Waals surface area contributed by atoms with Crippen molar-refractivity contribution in [3.63, 3.8) is 0 Å². The van der Waals surface area contributed by atoms with E-state index in [-0.39, 0.29) is 17.6 Å². The van der Waals surface area contributed by atoms with Gasteiger partial charge in [-0.25, -0.2) is 4.39 Å². The van der Waals surface area contributed by atoms with Gasteiger partial charge in [0.2, 0.25) is 5.91 Å². The molecule has 1 amide bonds. The number of anilines is 1. The van der Waals surface area contributed by atoms with Gasteiger partial charge in [-0.2, -0.15) is 5.90 Å². The predicted molar refractivity (Wildman–Crippen MR) is 123 cm³/mol. The number of carbonyl (C=O) groups is 1. The third kappa shape index (κ3) is 5.28. The van der Waals surface area contributed by atoms with Gasteiger partial charge in [-0.05, 0) is 72.6 Å². The molecule has 1 fully saturated rings. The van der Waals surface area contributed by atoms with Crippen molar-refractivity contribution >= 4 is 23.6 Å². The summed E-state index contributed by atoms with van der Waals surface area (Å²) in [6.45, 7) is 2.32. The van der Waals surface area contributed by atoms with Crippen molar-refractivity contribution in [2.75, 3.05) is 18.6 Å². The third-order valence-electron chi connectivity index (χ3n) is 5.46. The summed E-state index contributed by atoms with van der Waals surface area (Å²) in [4.78, 5) is 19.4. The summed E-state index contributed by atoms with van der Waals surface area (Å²) in [5.74, 6) is 6.16. The zero-order chi connectivity index (χ0) is 23.4. The molecule has 0 saturated carbocycles. The van der Waals surface area contributed by atoms with E-state index in [0.717, 1.165) is 28.2 Å². The fraction of sp³-hybridized carbons (Fsp3) is 0.208. The molecule has 3 aromatic carbocycles. The first-order chi connectivity index (χ1) is 16.0. The highest BCUT2D eigenvalue weighted by molar-refractivity contribution is 7.94. The lowest BCUT2D eigenvalue weighted by Crippen LogP contribution is -2.24. The summed E-state index contributed by atoms with van der Waals surface area (Å²) in [7, 11) is 1.56. The Bertz CT molecular complexity index is 1140. The van der Waals surface area contributed by atoms with Crippen molar-refractivity contribution in [2.24, 2.45) is 5.90 Å². The van der Waals surface area contributed by atoms with E-state index in [1.54, 1.807) is 25.0 Å². The molecule has 1 saturated heterocycles. The maximum atomic E-state index is 13.5. The summed E-state index contributed by atoms with van der Waals surface area (Å²) in [5, 5.41) is 0. The molecule has 1 aliphatic rings. The van der Waals surface area contributed by atoms with Gasteiger partial charge in [-0.3, -0.25) is 4.79 Å². The summed E-state index contributed by atoms with van der Waals surface area (Å²) >= 11 is 0.980. The first-order valence-electron chi connectivity index (χ1n) is 10.2. The number of halogens is 1. The van der Waals surface area contributed by atoms with E-state index in [2.05, 4.69) is 9.32 Å². The summed E-state index contributed by atoms with van der Waals surface area (Å²) in [6.07, 6.45) is 0.377. The van der Waals surface area contributed by atoms with Crippen molar-refractivity contribution in [3.05, 3.63) is 77.6 Å². The van der Waals surface area contributed by atoms with E-state index >= 15 is 0 Å². The number of hydrogen-bond acceptors (Lipinski definition) is 7. The number of amides is 1. The van der Waals surface area contributed by atoms with Crippen LogP contribution in [0, 0.1) is 12.7 Å². The molecule has 172 valence electrons. The van der Waals surface area contributed by atoms with Gasteiger partial charge in [0.1, 0.15) is 11.6 Å². The molecule has 0 bridgehead atoms. The Morgan fingerprint density at radius 3 is 2.48 bits per heavy atom. The molecule has 9 heteroatoms. The van der Waals surface area contributed by atoms with Gasteiger partial charge in [0.25, 0.3) is 0 Å². The molecule has 0 radical (unpaired) electrons. The van der Waals surface area contributed by atoms with Gasteiger partial charge in [-0.1, -0.05) is 6.07 Å². The largest absolute Gasteiger partial charge is 0.493 e. The molecule has 0 spiro atoms. The van der Waals surface area contributed by atoms with Gasteiger partial charge in [0, 0.05) is 29.5 Å². The molecular formula is C24H23FN2O5S. The number of hydrogen-bond donors (Lipinski definition) is 1. The molecule has 1 aliphatic heterocycles. The van der Waals surface area contributed by atoms with Crippen LogP contribution in [0.5, 0.6) is 17.2 Å². The van der Waals surface area contributed by atoms with Crippen molar-refractivity contribution in [1.29, 1.82) is 0 Å². The van der Waals surface area contributed by atoms with Crippen LogP contribution in [-0.2, 0) is 14.1 Å². The molecule has 2 N–H and O–H groups in total. The van der Waals surface area contributed by atoms with Gasteiger partial charge >= 0.3 is 0 Å². The van der Waals surface area contributed by atoms with Gasteiger partial charge in [0.15, 0.2) is 11.5 Å². The van der Waals surface area contributed by atoms with Crippen LogP contribution < -0.4 is 20.3 Å². The number of carbonyl (C=O) groups excluding carboxylic acids is 1. The molecule has 1 atom stereocenters. The molecule has 4 rings (SSSR count). The second kappa shape index (κ2) is 10.2. The van der Waals surface area contributed by atoms with E-state index < -0.39 is 0 Å². The van der Waals surface area contributed by atoms with Crippen molar-refractivity contribution in [3.8, 4) is 17.2 Å². The minimum absolute atomic E-state index is 0.0110. The topological polar surface area (TPSA) is 83.2 Å². The molecule has 7 nitrogen and oxygen atoms in total. The minimum atomic E-state index is -0.322. The van der Waals surface area contributed by atoms with Crippen LogP contribution in [-0.4, -0.2) is 19.6 Å². The maximum Gasteiger partial charge on any atom is 0.227 e. The lowest BCUT2D eigenvalue weighted by Gasteiger charge is -2.18. The average molecular weight is 471 g/mol. The van der Waals surface area contributed by atoms with E-state index in [1.807, 2.05) is 42.5 Å². The van der Waals surface area contributed by atoms with Crippen LogP contribution in [0.3, 0.4) is 0 Å². The first-order valence-corrected chi connectivity index (χ1v) is 10.9. The lowest BCUT2D eigenvalue weighted by atomic mass is 9.98. The lowest BCUT2D eigenvalue weighted by molar-refractivity contribution is -0.195. The molecule has 0 aliphatic carbocycles. The quantitative estimate of drug-likeness (QED) is 0.272. The highest BCUT2D eigenvalue weighted by Gasteiger charge is 2.32. The van der Waals surface area contributed by atoms with Crippen LogP contribution >= 0.6 is 12.0 Å². The van der Waals surface area contributed by atoms with Crippen molar-refractivity contribution in [1.82, 2.24) is 0 Å². The molecule has 33 heavy (non-hydrogen) atoms. The van der Waals surface area contributed by atoms with Crippen LogP contribution in [0.2, 0.25) is 0 Å². The standard InChI is InChI=1S/C24H23FN2O5S/c1-15-11-18(25)4-10-21(15)30-23-12-16(3-9-22(23)29-2)17-13-24(28)27(14-17)19-5-7-20(8-6-19)33-32-31-26/h3-12,17H,13-14,26H2,1-2H3. The fourth-order valence-electron chi connectivity index (χ4n) is 3.79. The Hall–Kier alpha value is -3.11.